The first-order chi connectivity index (χ1) is 8.07. The Bertz CT molecular complexity index is 381. The summed E-state index contributed by atoms with van der Waals surface area (Å²) >= 11 is 0. The largest absolute Gasteiger partial charge is 0.490 e. The molecular weight excluding hydrogens is 269 g/mol. The van der Waals surface area contributed by atoms with Crippen LogP contribution in [0.5, 0.6) is 5.75 Å². The molecule has 1 aromatic rings. The van der Waals surface area contributed by atoms with Gasteiger partial charge in [0.15, 0.2) is 0 Å². The van der Waals surface area contributed by atoms with Crippen molar-refractivity contribution < 1.29 is 17.9 Å². The van der Waals surface area contributed by atoms with Gasteiger partial charge in [0.25, 0.3) is 0 Å². The third-order valence-corrected chi connectivity index (χ3v) is 2.67. The first-order valence-electron chi connectivity index (χ1n) is 5.46. The highest BCUT2D eigenvalue weighted by molar-refractivity contribution is 5.85. The molecule has 1 fully saturated rings. The van der Waals surface area contributed by atoms with Crippen LogP contribution in [0.3, 0.4) is 0 Å². The first-order valence-corrected chi connectivity index (χ1v) is 5.46. The Morgan fingerprint density at radius 1 is 1.28 bits per heavy atom. The van der Waals surface area contributed by atoms with Crippen LogP contribution in [0.25, 0.3) is 0 Å². The summed E-state index contributed by atoms with van der Waals surface area (Å²) in [5.74, 6) is -0.126. The summed E-state index contributed by atoms with van der Waals surface area (Å²) in [6.45, 7) is 1.55. The molecule has 0 bridgehead atoms. The van der Waals surface area contributed by atoms with Crippen LogP contribution in [0.4, 0.5) is 13.2 Å². The highest BCUT2D eigenvalue weighted by Gasteiger charge is 2.35. The number of halogens is 4. The number of aromatic nitrogens is 1. The van der Waals surface area contributed by atoms with E-state index >= 15 is 0 Å². The summed E-state index contributed by atoms with van der Waals surface area (Å²) in [6.07, 6.45) is -1.02. The number of rotatable bonds is 2. The predicted molar refractivity (Wildman–Crippen MR) is 63.0 cm³/mol. The van der Waals surface area contributed by atoms with Crippen LogP contribution >= 0.6 is 12.4 Å². The Labute approximate surface area is 109 Å². The second kappa shape index (κ2) is 6.24. The average molecular weight is 283 g/mol. The molecule has 0 radical (unpaired) electrons. The fourth-order valence-corrected chi connectivity index (χ4v) is 1.79. The predicted octanol–water partition coefficient (Wildman–Crippen LogP) is 2.65. The molecule has 0 aromatic carbocycles. The van der Waals surface area contributed by atoms with Gasteiger partial charge in [-0.15, -0.1) is 12.4 Å². The lowest BCUT2D eigenvalue weighted by Gasteiger charge is -2.25. The highest BCUT2D eigenvalue weighted by Crippen LogP contribution is 2.36. The van der Waals surface area contributed by atoms with Crippen molar-refractivity contribution in [2.75, 3.05) is 13.1 Å². The zero-order chi connectivity index (χ0) is 12.3. The standard InChI is InChI=1S/C11H13F3N2O.ClH/c12-11(13,14)9-7-16-6-3-10(9)17-8-1-4-15-5-2-8;/h3,6-8,15H,1-2,4-5H2;1H. The van der Waals surface area contributed by atoms with Gasteiger partial charge in [0.2, 0.25) is 0 Å². The third-order valence-electron chi connectivity index (χ3n) is 2.67. The van der Waals surface area contributed by atoms with Crippen LogP contribution in [0.15, 0.2) is 18.5 Å². The molecule has 1 N–H and O–H groups in total. The Morgan fingerprint density at radius 2 is 1.94 bits per heavy atom. The second-order valence-electron chi connectivity index (χ2n) is 3.94. The summed E-state index contributed by atoms with van der Waals surface area (Å²) in [5.41, 5.74) is -0.807. The minimum absolute atomic E-state index is 0. The first kappa shape index (κ1) is 15.0. The van der Waals surface area contributed by atoms with Gasteiger partial charge in [-0.05, 0) is 32.0 Å². The fraction of sp³-hybridized carbons (Fsp3) is 0.545. The van der Waals surface area contributed by atoms with Gasteiger partial charge in [0, 0.05) is 12.4 Å². The maximum atomic E-state index is 12.7. The van der Waals surface area contributed by atoms with Gasteiger partial charge < -0.3 is 10.1 Å². The molecular formula is C11H14ClF3N2O. The van der Waals surface area contributed by atoms with Crippen LogP contribution in [-0.4, -0.2) is 24.2 Å². The lowest BCUT2D eigenvalue weighted by Crippen LogP contribution is -2.34. The molecule has 7 heteroatoms. The van der Waals surface area contributed by atoms with Crippen molar-refractivity contribution in [2.24, 2.45) is 0 Å². The smallest absolute Gasteiger partial charge is 0.421 e. The van der Waals surface area contributed by atoms with E-state index in [1.54, 1.807) is 0 Å². The SMILES string of the molecule is Cl.FC(F)(F)c1cnccc1OC1CCNCC1. The van der Waals surface area contributed by atoms with Gasteiger partial charge in [-0.25, -0.2) is 0 Å². The average Bonchev–Trinajstić information content (AvgIpc) is 2.30. The van der Waals surface area contributed by atoms with Gasteiger partial charge in [0.05, 0.1) is 0 Å². The Morgan fingerprint density at radius 3 is 2.56 bits per heavy atom. The quantitative estimate of drug-likeness (QED) is 0.905. The molecule has 0 unspecified atom stereocenters. The molecule has 0 amide bonds. The van der Waals surface area contributed by atoms with Gasteiger partial charge in [0.1, 0.15) is 17.4 Å². The van der Waals surface area contributed by atoms with Crippen LogP contribution < -0.4 is 10.1 Å². The molecule has 1 aliphatic rings. The van der Waals surface area contributed by atoms with E-state index in [1.807, 2.05) is 0 Å². The fourth-order valence-electron chi connectivity index (χ4n) is 1.79. The van der Waals surface area contributed by atoms with Crippen LogP contribution in [-0.2, 0) is 6.18 Å². The number of pyridine rings is 1. The Balaban J connectivity index is 0.00000162. The van der Waals surface area contributed by atoms with E-state index in [2.05, 4.69) is 10.3 Å². The topological polar surface area (TPSA) is 34.1 Å². The normalized spacial score (nSPS) is 17.1. The lowest BCUT2D eigenvalue weighted by molar-refractivity contribution is -0.139. The lowest BCUT2D eigenvalue weighted by atomic mass is 10.1. The molecule has 1 saturated heterocycles. The maximum absolute atomic E-state index is 12.7. The summed E-state index contributed by atoms with van der Waals surface area (Å²) in [7, 11) is 0. The minimum Gasteiger partial charge on any atom is -0.490 e. The van der Waals surface area contributed by atoms with Crippen molar-refractivity contribution in [1.29, 1.82) is 0 Å². The minimum atomic E-state index is -4.42. The van der Waals surface area contributed by atoms with E-state index in [0.29, 0.717) is 0 Å². The summed E-state index contributed by atoms with van der Waals surface area (Å²) in [4.78, 5) is 3.49. The molecule has 3 nitrogen and oxygen atoms in total. The van der Waals surface area contributed by atoms with Crippen LogP contribution in [0, 0.1) is 0 Å². The van der Waals surface area contributed by atoms with Crippen molar-refractivity contribution in [3.8, 4) is 5.75 Å². The highest BCUT2D eigenvalue weighted by atomic mass is 35.5. The summed E-state index contributed by atoms with van der Waals surface area (Å²) < 4.78 is 43.4. The van der Waals surface area contributed by atoms with Crippen molar-refractivity contribution in [3.05, 3.63) is 24.0 Å². The molecule has 18 heavy (non-hydrogen) atoms. The van der Waals surface area contributed by atoms with E-state index < -0.39 is 11.7 Å². The monoisotopic (exact) mass is 282 g/mol. The molecule has 1 aromatic heterocycles. The Kier molecular flexibility index (Phi) is 5.22. The van der Waals surface area contributed by atoms with E-state index in [1.165, 1.54) is 12.3 Å². The van der Waals surface area contributed by atoms with Crippen molar-refractivity contribution in [2.45, 2.75) is 25.1 Å². The van der Waals surface area contributed by atoms with E-state index in [-0.39, 0.29) is 24.3 Å². The molecule has 0 saturated carbocycles. The number of hydrogen-bond acceptors (Lipinski definition) is 3. The van der Waals surface area contributed by atoms with Crippen molar-refractivity contribution >= 4 is 12.4 Å². The molecule has 102 valence electrons. The Hall–Kier alpha value is -1.01. The van der Waals surface area contributed by atoms with Crippen molar-refractivity contribution in [3.63, 3.8) is 0 Å². The van der Waals surface area contributed by atoms with Crippen LogP contribution in [0.1, 0.15) is 18.4 Å². The molecule has 2 heterocycles. The van der Waals surface area contributed by atoms with Crippen LogP contribution in [0.2, 0.25) is 0 Å². The number of alkyl halides is 3. The molecule has 0 aliphatic carbocycles. The third kappa shape index (κ3) is 3.74. The summed E-state index contributed by atoms with van der Waals surface area (Å²) in [5, 5.41) is 3.13. The molecule has 1 aliphatic heterocycles. The number of piperidine rings is 1. The van der Waals surface area contributed by atoms with E-state index in [4.69, 9.17) is 4.74 Å². The molecule has 0 spiro atoms. The van der Waals surface area contributed by atoms with E-state index in [9.17, 15) is 13.2 Å². The van der Waals surface area contributed by atoms with Gasteiger partial charge in [-0.3, -0.25) is 4.98 Å². The zero-order valence-electron chi connectivity index (χ0n) is 9.54. The van der Waals surface area contributed by atoms with Gasteiger partial charge >= 0.3 is 6.18 Å². The maximum Gasteiger partial charge on any atom is 0.421 e. The number of ether oxygens (including phenoxy) is 1. The molecule has 2 rings (SSSR count). The molecule has 0 atom stereocenters. The van der Waals surface area contributed by atoms with E-state index in [0.717, 1.165) is 32.1 Å². The number of nitrogens with one attached hydrogen (secondary N) is 1. The van der Waals surface area contributed by atoms with Crippen molar-refractivity contribution in [1.82, 2.24) is 10.3 Å². The van der Waals surface area contributed by atoms with Gasteiger partial charge in [-0.1, -0.05) is 0 Å². The zero-order valence-corrected chi connectivity index (χ0v) is 10.4. The number of nitrogens with zero attached hydrogens (tertiary/aromatic N) is 1. The second-order valence-corrected chi connectivity index (χ2v) is 3.94. The summed E-state index contributed by atoms with van der Waals surface area (Å²) in [6, 6.07) is 1.27. The van der Waals surface area contributed by atoms with Gasteiger partial charge in [-0.2, -0.15) is 13.2 Å². The number of hydrogen-bond donors (Lipinski definition) is 1.